The number of rotatable bonds is 1. The highest BCUT2D eigenvalue weighted by molar-refractivity contribution is 5.99. The Labute approximate surface area is 115 Å². The van der Waals surface area contributed by atoms with Crippen LogP contribution in [0.25, 0.3) is 0 Å². The molecule has 0 aromatic rings. The molecule has 5 heteroatoms. The first-order valence-electron chi connectivity index (χ1n) is 6.50. The van der Waals surface area contributed by atoms with Crippen LogP contribution in [0.1, 0.15) is 34.1 Å². The quantitative estimate of drug-likeness (QED) is 0.683. The Bertz CT molecular complexity index is 394. The largest absolute Gasteiger partial charge is 0.444 e. The first-order chi connectivity index (χ1) is 8.60. The Morgan fingerprint density at radius 1 is 1.42 bits per heavy atom. The summed E-state index contributed by atoms with van der Waals surface area (Å²) in [7, 11) is 3.76. The molecule has 1 aliphatic heterocycles. The molecule has 5 nitrogen and oxygen atoms in total. The molecular weight excluding hydrogens is 244 g/mol. The van der Waals surface area contributed by atoms with Gasteiger partial charge < -0.3 is 9.64 Å². The fraction of sp³-hybridized carbons (Fsp3) is 0.714. The second-order valence-electron chi connectivity index (χ2n) is 6.20. The predicted octanol–water partition coefficient (Wildman–Crippen LogP) is 2.03. The van der Waals surface area contributed by atoms with E-state index in [1.54, 1.807) is 0 Å². The van der Waals surface area contributed by atoms with Crippen LogP contribution in [0.2, 0.25) is 0 Å². The van der Waals surface area contributed by atoms with Crippen LogP contribution in [0, 0.1) is 0 Å². The molecule has 19 heavy (non-hydrogen) atoms. The molecule has 0 saturated carbocycles. The van der Waals surface area contributed by atoms with Crippen LogP contribution in [0.4, 0.5) is 4.79 Å². The van der Waals surface area contributed by atoms with Crippen molar-refractivity contribution in [1.82, 2.24) is 9.80 Å². The molecule has 1 saturated heterocycles. The van der Waals surface area contributed by atoms with Gasteiger partial charge in [-0.3, -0.25) is 9.69 Å². The van der Waals surface area contributed by atoms with E-state index in [0.717, 1.165) is 5.57 Å². The molecule has 0 radical (unpaired) electrons. The number of hydrogen-bond donors (Lipinski definition) is 0. The fourth-order valence-electron chi connectivity index (χ4n) is 1.96. The Hall–Kier alpha value is -1.52. The number of piperidine rings is 1. The second-order valence-corrected chi connectivity index (χ2v) is 6.20. The molecule has 1 fully saturated rings. The predicted molar refractivity (Wildman–Crippen MR) is 73.8 cm³/mol. The highest BCUT2D eigenvalue weighted by atomic mass is 16.6. The molecule has 1 heterocycles. The van der Waals surface area contributed by atoms with Crippen LogP contribution in [0.15, 0.2) is 11.8 Å². The summed E-state index contributed by atoms with van der Waals surface area (Å²) in [6, 6.07) is -0.0289. The van der Waals surface area contributed by atoms with Gasteiger partial charge in [-0.2, -0.15) is 0 Å². The minimum atomic E-state index is -0.542. The summed E-state index contributed by atoms with van der Waals surface area (Å²) in [5, 5.41) is 0. The topological polar surface area (TPSA) is 49.9 Å². The molecule has 1 aliphatic rings. The normalized spacial score (nSPS) is 22.6. The maximum absolute atomic E-state index is 12.0. The van der Waals surface area contributed by atoms with Gasteiger partial charge in [-0.1, -0.05) is 0 Å². The van der Waals surface area contributed by atoms with E-state index >= 15 is 0 Å². The smallest absolute Gasteiger partial charge is 0.410 e. The molecule has 0 aliphatic carbocycles. The highest BCUT2D eigenvalue weighted by Crippen LogP contribution is 2.22. The molecule has 1 rings (SSSR count). The Morgan fingerprint density at radius 2 is 2.00 bits per heavy atom. The third-order valence-corrected chi connectivity index (χ3v) is 2.76. The average molecular weight is 268 g/mol. The monoisotopic (exact) mass is 268 g/mol. The summed E-state index contributed by atoms with van der Waals surface area (Å²) in [5.41, 5.74) is 0.219. The zero-order valence-electron chi connectivity index (χ0n) is 12.7. The van der Waals surface area contributed by atoms with Crippen molar-refractivity contribution in [2.24, 2.45) is 0 Å². The zero-order chi connectivity index (χ0) is 14.8. The van der Waals surface area contributed by atoms with Crippen LogP contribution < -0.4 is 0 Å². The summed E-state index contributed by atoms with van der Waals surface area (Å²) >= 11 is 0. The van der Waals surface area contributed by atoms with Crippen LogP contribution >= 0.6 is 0 Å². The first kappa shape index (κ1) is 15.5. The van der Waals surface area contributed by atoms with Gasteiger partial charge in [-0.05, 0) is 34.1 Å². The molecule has 1 atom stereocenters. The standard InChI is InChI=1S/C14H24N2O3/c1-10-7-11(8-15(5)6)12(17)9-16(10)13(18)19-14(2,3)4/h8,10H,7,9H2,1-6H3/t10-/m1/s1. The molecule has 0 N–H and O–H groups in total. The van der Waals surface area contributed by atoms with Crippen molar-refractivity contribution in [2.75, 3.05) is 20.6 Å². The Morgan fingerprint density at radius 3 is 2.47 bits per heavy atom. The van der Waals surface area contributed by atoms with Crippen LogP contribution in [0.3, 0.4) is 0 Å². The lowest BCUT2D eigenvalue weighted by Gasteiger charge is -2.35. The molecule has 0 spiro atoms. The van der Waals surface area contributed by atoms with Crippen molar-refractivity contribution in [3.63, 3.8) is 0 Å². The van der Waals surface area contributed by atoms with Gasteiger partial charge in [-0.25, -0.2) is 4.79 Å². The van der Waals surface area contributed by atoms with E-state index in [2.05, 4.69) is 0 Å². The number of carbonyl (C=O) groups excluding carboxylic acids is 2. The molecular formula is C14H24N2O3. The number of likely N-dealkylation sites (tertiary alicyclic amines) is 1. The van der Waals surface area contributed by atoms with Crippen LogP contribution in [-0.4, -0.2) is 54.0 Å². The summed E-state index contributed by atoms with van der Waals surface area (Å²) < 4.78 is 5.32. The number of carbonyl (C=O) groups is 2. The molecule has 1 amide bonds. The van der Waals surface area contributed by atoms with Gasteiger partial charge in [0.15, 0.2) is 5.78 Å². The van der Waals surface area contributed by atoms with Crippen molar-refractivity contribution in [1.29, 1.82) is 0 Å². The number of Topliss-reactive ketones (excluding diaryl/α,β-unsaturated/α-hetero) is 1. The van der Waals surface area contributed by atoms with Crippen molar-refractivity contribution in [2.45, 2.75) is 45.8 Å². The van der Waals surface area contributed by atoms with Gasteiger partial charge in [0.25, 0.3) is 0 Å². The van der Waals surface area contributed by atoms with Crippen molar-refractivity contribution in [3.05, 3.63) is 11.8 Å². The van der Waals surface area contributed by atoms with E-state index in [0.29, 0.717) is 6.42 Å². The van der Waals surface area contributed by atoms with E-state index in [4.69, 9.17) is 4.74 Å². The van der Waals surface area contributed by atoms with E-state index < -0.39 is 11.7 Å². The third-order valence-electron chi connectivity index (χ3n) is 2.76. The van der Waals surface area contributed by atoms with E-state index in [-0.39, 0.29) is 18.4 Å². The minimum absolute atomic E-state index is 0.0161. The van der Waals surface area contributed by atoms with Gasteiger partial charge in [0.2, 0.25) is 0 Å². The van der Waals surface area contributed by atoms with Gasteiger partial charge in [-0.15, -0.1) is 0 Å². The lowest BCUT2D eigenvalue weighted by molar-refractivity contribution is -0.119. The molecule has 0 aromatic heterocycles. The van der Waals surface area contributed by atoms with Gasteiger partial charge in [0, 0.05) is 31.9 Å². The van der Waals surface area contributed by atoms with Gasteiger partial charge in [0.1, 0.15) is 5.60 Å². The summed E-state index contributed by atoms with van der Waals surface area (Å²) in [4.78, 5) is 27.4. The van der Waals surface area contributed by atoms with Gasteiger partial charge >= 0.3 is 6.09 Å². The number of hydrogen-bond acceptors (Lipinski definition) is 4. The average Bonchev–Trinajstić information content (AvgIpc) is 2.19. The van der Waals surface area contributed by atoms with Crippen molar-refractivity contribution < 1.29 is 14.3 Å². The second kappa shape index (κ2) is 5.63. The third kappa shape index (κ3) is 4.58. The zero-order valence-corrected chi connectivity index (χ0v) is 12.7. The molecule has 0 unspecified atom stereocenters. The number of ketones is 1. The molecule has 0 bridgehead atoms. The maximum Gasteiger partial charge on any atom is 0.410 e. The minimum Gasteiger partial charge on any atom is -0.444 e. The Balaban J connectivity index is 2.76. The van der Waals surface area contributed by atoms with E-state index in [1.807, 2.05) is 52.9 Å². The van der Waals surface area contributed by atoms with E-state index in [1.165, 1.54) is 4.90 Å². The van der Waals surface area contributed by atoms with E-state index in [9.17, 15) is 9.59 Å². The van der Waals surface area contributed by atoms with Crippen LogP contribution in [-0.2, 0) is 9.53 Å². The lowest BCUT2D eigenvalue weighted by atomic mass is 9.97. The summed E-state index contributed by atoms with van der Waals surface area (Å²) in [5.74, 6) is -0.0161. The summed E-state index contributed by atoms with van der Waals surface area (Å²) in [6.45, 7) is 7.48. The molecule has 0 aromatic carbocycles. The number of ether oxygens (including phenoxy) is 1. The van der Waals surface area contributed by atoms with Crippen LogP contribution in [0.5, 0.6) is 0 Å². The Kier molecular flexibility index (Phi) is 4.61. The number of amides is 1. The van der Waals surface area contributed by atoms with Crippen molar-refractivity contribution >= 4 is 11.9 Å². The summed E-state index contributed by atoms with van der Waals surface area (Å²) in [6.07, 6.45) is 1.97. The van der Waals surface area contributed by atoms with Crippen molar-refractivity contribution in [3.8, 4) is 0 Å². The molecule has 108 valence electrons. The highest BCUT2D eigenvalue weighted by Gasteiger charge is 2.33. The lowest BCUT2D eigenvalue weighted by Crippen LogP contribution is -2.48. The first-order valence-corrected chi connectivity index (χ1v) is 6.50. The maximum atomic E-state index is 12.0. The number of nitrogens with zero attached hydrogens (tertiary/aromatic N) is 2. The fourth-order valence-corrected chi connectivity index (χ4v) is 1.96. The SMILES string of the molecule is C[C@@H]1CC(=CN(C)C)C(=O)CN1C(=O)OC(C)(C)C. The van der Waals surface area contributed by atoms with Gasteiger partial charge in [0.05, 0.1) is 6.54 Å².